The van der Waals surface area contributed by atoms with Crippen LogP contribution in [-0.4, -0.2) is 24.3 Å². The third-order valence-electron chi connectivity index (χ3n) is 4.09. The lowest BCUT2D eigenvalue weighted by molar-refractivity contribution is -0.115. The number of nitrogens with one attached hydrogen (secondary N) is 1. The molecule has 0 radical (unpaired) electrons. The van der Waals surface area contributed by atoms with Crippen LogP contribution in [0.2, 0.25) is 0 Å². The molecule has 1 N–H and O–H groups in total. The third kappa shape index (κ3) is 4.75. The molecule has 0 unspecified atom stereocenters. The van der Waals surface area contributed by atoms with Crippen LogP contribution in [0.5, 0.6) is 11.5 Å². The predicted molar refractivity (Wildman–Crippen MR) is 116 cm³/mol. The molecule has 146 valence electrons. The van der Waals surface area contributed by atoms with Crippen LogP contribution in [0.15, 0.2) is 46.3 Å². The van der Waals surface area contributed by atoms with Crippen molar-refractivity contribution in [2.24, 2.45) is 4.99 Å². The summed E-state index contributed by atoms with van der Waals surface area (Å²) in [5.74, 6) is 1.22. The van der Waals surface area contributed by atoms with Crippen molar-refractivity contribution in [2.75, 3.05) is 13.2 Å². The number of benzene rings is 2. The Morgan fingerprint density at radius 3 is 2.50 bits per heavy atom. The molecule has 2 aromatic carbocycles. The zero-order valence-corrected chi connectivity index (χ0v) is 17.4. The summed E-state index contributed by atoms with van der Waals surface area (Å²) in [6, 6.07) is 11.7. The van der Waals surface area contributed by atoms with E-state index in [2.05, 4.69) is 16.4 Å². The molecule has 5 nitrogen and oxygen atoms in total. The molecule has 1 fully saturated rings. The molecule has 1 heterocycles. The van der Waals surface area contributed by atoms with Gasteiger partial charge in [-0.25, -0.2) is 4.99 Å². The molecular formula is C22H24N2O3S. The molecule has 0 spiro atoms. The van der Waals surface area contributed by atoms with Crippen molar-refractivity contribution in [1.29, 1.82) is 0 Å². The summed E-state index contributed by atoms with van der Waals surface area (Å²) in [6.07, 6.45) is 1.84. The molecule has 2 aromatic rings. The molecule has 1 aliphatic heterocycles. The van der Waals surface area contributed by atoms with Crippen LogP contribution < -0.4 is 14.8 Å². The summed E-state index contributed by atoms with van der Waals surface area (Å²) in [5, 5.41) is 3.42. The highest BCUT2D eigenvalue weighted by atomic mass is 32.2. The molecule has 6 heteroatoms. The number of aliphatic imine (C=N–C) groups is 1. The number of hydrogen-bond acceptors (Lipinski definition) is 5. The van der Waals surface area contributed by atoms with Crippen LogP contribution in [0, 0.1) is 13.8 Å². The Balaban J connectivity index is 1.84. The molecule has 3 rings (SSSR count). The molecule has 1 amide bonds. The van der Waals surface area contributed by atoms with E-state index in [1.54, 1.807) is 0 Å². The quantitative estimate of drug-likeness (QED) is 0.699. The second-order valence-corrected chi connectivity index (χ2v) is 7.37. The van der Waals surface area contributed by atoms with Gasteiger partial charge < -0.3 is 14.8 Å². The highest BCUT2D eigenvalue weighted by molar-refractivity contribution is 8.18. The van der Waals surface area contributed by atoms with Gasteiger partial charge in [0.1, 0.15) is 0 Å². The van der Waals surface area contributed by atoms with E-state index in [1.807, 2.05) is 64.1 Å². The van der Waals surface area contributed by atoms with E-state index in [0.717, 1.165) is 16.8 Å². The van der Waals surface area contributed by atoms with Crippen LogP contribution in [0.1, 0.15) is 30.5 Å². The average molecular weight is 397 g/mol. The molecule has 0 atom stereocenters. The second-order valence-electron chi connectivity index (χ2n) is 6.34. The summed E-state index contributed by atoms with van der Waals surface area (Å²) >= 11 is 1.33. The highest BCUT2D eigenvalue weighted by Crippen LogP contribution is 2.33. The first-order chi connectivity index (χ1) is 13.5. The van der Waals surface area contributed by atoms with Crippen molar-refractivity contribution in [3.63, 3.8) is 0 Å². The number of nitrogens with zero attached hydrogens (tertiary/aromatic N) is 1. The van der Waals surface area contributed by atoms with Crippen molar-refractivity contribution >= 4 is 34.6 Å². The second kappa shape index (κ2) is 8.97. The minimum atomic E-state index is -0.152. The first-order valence-corrected chi connectivity index (χ1v) is 10.1. The first-order valence-electron chi connectivity index (χ1n) is 9.26. The SMILES string of the molecule is CCOc1ccc(/C=C2/SC(=Nc3ccc(C)cc3C)NC2=O)cc1OCC. The standard InChI is InChI=1S/C22H24N2O3S/c1-5-26-18-10-8-16(12-19(18)27-6-2)13-20-21(25)24-22(28-20)23-17-9-7-14(3)11-15(17)4/h7-13H,5-6H2,1-4H3,(H,23,24,25)/b20-13+. The summed E-state index contributed by atoms with van der Waals surface area (Å²) < 4.78 is 11.2. The topological polar surface area (TPSA) is 59.9 Å². The van der Waals surface area contributed by atoms with Gasteiger partial charge in [-0.05, 0) is 74.9 Å². The summed E-state index contributed by atoms with van der Waals surface area (Å²) in [7, 11) is 0. The maximum absolute atomic E-state index is 12.4. The van der Waals surface area contributed by atoms with E-state index < -0.39 is 0 Å². The molecule has 0 saturated carbocycles. The Bertz CT molecular complexity index is 951. The molecule has 0 aromatic heterocycles. The molecule has 1 aliphatic rings. The number of amides is 1. The number of ether oxygens (including phenoxy) is 2. The Hall–Kier alpha value is -2.73. The Morgan fingerprint density at radius 2 is 1.79 bits per heavy atom. The van der Waals surface area contributed by atoms with Crippen molar-refractivity contribution in [2.45, 2.75) is 27.7 Å². The van der Waals surface area contributed by atoms with Gasteiger partial charge in [-0.15, -0.1) is 0 Å². The number of amidine groups is 1. The van der Waals surface area contributed by atoms with Crippen LogP contribution in [0.4, 0.5) is 5.69 Å². The number of carbonyl (C=O) groups is 1. The fourth-order valence-electron chi connectivity index (χ4n) is 2.83. The van der Waals surface area contributed by atoms with Crippen LogP contribution in [0.25, 0.3) is 6.08 Å². The predicted octanol–water partition coefficient (Wildman–Crippen LogP) is 4.99. The minimum absolute atomic E-state index is 0.152. The van der Waals surface area contributed by atoms with Gasteiger partial charge in [-0.2, -0.15) is 0 Å². The number of rotatable bonds is 6. The van der Waals surface area contributed by atoms with E-state index >= 15 is 0 Å². The summed E-state index contributed by atoms with van der Waals surface area (Å²) in [6.45, 7) is 9.03. The van der Waals surface area contributed by atoms with Gasteiger partial charge in [-0.1, -0.05) is 23.8 Å². The largest absolute Gasteiger partial charge is 0.490 e. The van der Waals surface area contributed by atoms with E-state index in [1.165, 1.54) is 17.3 Å². The minimum Gasteiger partial charge on any atom is -0.490 e. The van der Waals surface area contributed by atoms with Gasteiger partial charge in [-0.3, -0.25) is 4.79 Å². The number of carbonyl (C=O) groups excluding carboxylic acids is 1. The third-order valence-corrected chi connectivity index (χ3v) is 5.00. The van der Waals surface area contributed by atoms with Gasteiger partial charge >= 0.3 is 0 Å². The van der Waals surface area contributed by atoms with Crippen LogP contribution in [-0.2, 0) is 4.79 Å². The number of thioether (sulfide) groups is 1. The molecular weight excluding hydrogens is 372 g/mol. The summed E-state index contributed by atoms with van der Waals surface area (Å²) in [4.78, 5) is 17.5. The maximum atomic E-state index is 12.4. The normalized spacial score (nSPS) is 16.5. The fourth-order valence-corrected chi connectivity index (χ4v) is 3.66. The first kappa shape index (κ1) is 20.0. The van der Waals surface area contributed by atoms with Gasteiger partial charge in [0, 0.05) is 0 Å². The smallest absolute Gasteiger partial charge is 0.264 e. The van der Waals surface area contributed by atoms with E-state index in [0.29, 0.717) is 34.8 Å². The number of hydrogen-bond donors (Lipinski definition) is 1. The van der Waals surface area contributed by atoms with Gasteiger partial charge in [0.05, 0.1) is 23.8 Å². The van der Waals surface area contributed by atoms with Gasteiger partial charge in [0.15, 0.2) is 16.7 Å². The number of aryl methyl sites for hydroxylation is 2. The maximum Gasteiger partial charge on any atom is 0.264 e. The lowest BCUT2D eigenvalue weighted by Gasteiger charge is -2.11. The van der Waals surface area contributed by atoms with Crippen molar-refractivity contribution in [1.82, 2.24) is 5.32 Å². The van der Waals surface area contributed by atoms with Crippen molar-refractivity contribution in [3.05, 3.63) is 58.0 Å². The fraction of sp³-hybridized carbons (Fsp3) is 0.273. The molecule has 0 aliphatic carbocycles. The Labute approximate surface area is 169 Å². The highest BCUT2D eigenvalue weighted by Gasteiger charge is 2.24. The van der Waals surface area contributed by atoms with Gasteiger partial charge in [0.25, 0.3) is 5.91 Å². The van der Waals surface area contributed by atoms with Crippen molar-refractivity contribution in [3.8, 4) is 11.5 Å². The van der Waals surface area contributed by atoms with Crippen molar-refractivity contribution < 1.29 is 14.3 Å². The molecule has 1 saturated heterocycles. The van der Waals surface area contributed by atoms with E-state index in [9.17, 15) is 4.79 Å². The summed E-state index contributed by atoms with van der Waals surface area (Å²) in [5.41, 5.74) is 3.99. The Kier molecular flexibility index (Phi) is 6.41. The van der Waals surface area contributed by atoms with E-state index in [4.69, 9.17) is 9.47 Å². The average Bonchev–Trinajstić information content (AvgIpc) is 2.99. The molecule has 28 heavy (non-hydrogen) atoms. The molecule has 0 bridgehead atoms. The van der Waals surface area contributed by atoms with E-state index in [-0.39, 0.29) is 5.91 Å². The van der Waals surface area contributed by atoms with Gasteiger partial charge in [0.2, 0.25) is 0 Å². The lowest BCUT2D eigenvalue weighted by atomic mass is 10.1. The lowest BCUT2D eigenvalue weighted by Crippen LogP contribution is -2.19. The Morgan fingerprint density at radius 1 is 1.04 bits per heavy atom. The zero-order valence-electron chi connectivity index (χ0n) is 16.5. The van der Waals surface area contributed by atoms with Crippen LogP contribution >= 0.6 is 11.8 Å². The van der Waals surface area contributed by atoms with Crippen LogP contribution in [0.3, 0.4) is 0 Å². The zero-order chi connectivity index (χ0) is 20.1. The monoisotopic (exact) mass is 396 g/mol.